The van der Waals surface area contributed by atoms with Crippen molar-refractivity contribution >= 4 is 11.6 Å². The second kappa shape index (κ2) is 8.20. The Morgan fingerprint density at radius 1 is 1.17 bits per heavy atom. The summed E-state index contributed by atoms with van der Waals surface area (Å²) in [6, 6.07) is 11.5. The average Bonchev–Trinajstić information content (AvgIpc) is 2.56. The third-order valence-electron chi connectivity index (χ3n) is 3.62. The summed E-state index contributed by atoms with van der Waals surface area (Å²) in [7, 11) is 1.58. The number of amides is 1. The zero-order valence-corrected chi connectivity index (χ0v) is 14.4. The number of hydrogen-bond acceptors (Lipinski definition) is 3. The maximum absolute atomic E-state index is 12.1. The standard InChI is InChI=1S/C20H23NO3/c1-5-6-16-8-10-18(19(12-16)23-4)24-13-20(22)21-17-9-7-14(2)11-15(17)3/h5,7-12H,1,6,13H2,2-4H3,(H,21,22). The molecule has 0 aliphatic rings. The highest BCUT2D eigenvalue weighted by Gasteiger charge is 2.09. The van der Waals surface area contributed by atoms with E-state index in [1.807, 2.05) is 56.3 Å². The highest BCUT2D eigenvalue weighted by molar-refractivity contribution is 5.92. The minimum atomic E-state index is -0.209. The van der Waals surface area contributed by atoms with E-state index in [2.05, 4.69) is 11.9 Å². The van der Waals surface area contributed by atoms with Crippen molar-refractivity contribution in [1.29, 1.82) is 0 Å². The summed E-state index contributed by atoms with van der Waals surface area (Å²) in [5.74, 6) is 0.939. The van der Waals surface area contributed by atoms with Crippen LogP contribution in [0.15, 0.2) is 49.1 Å². The molecule has 0 saturated heterocycles. The maximum Gasteiger partial charge on any atom is 0.262 e. The SMILES string of the molecule is C=CCc1ccc(OCC(=O)Nc2ccc(C)cc2C)c(OC)c1. The lowest BCUT2D eigenvalue weighted by atomic mass is 10.1. The highest BCUT2D eigenvalue weighted by atomic mass is 16.5. The molecular weight excluding hydrogens is 302 g/mol. The van der Waals surface area contributed by atoms with Gasteiger partial charge < -0.3 is 14.8 Å². The number of carbonyl (C=O) groups excluding carboxylic acids is 1. The largest absolute Gasteiger partial charge is 0.493 e. The van der Waals surface area contributed by atoms with Crippen LogP contribution in [0.1, 0.15) is 16.7 Å². The van der Waals surface area contributed by atoms with Crippen molar-refractivity contribution in [2.75, 3.05) is 19.0 Å². The number of benzene rings is 2. The topological polar surface area (TPSA) is 47.6 Å². The van der Waals surface area contributed by atoms with E-state index in [0.717, 1.165) is 28.8 Å². The summed E-state index contributed by atoms with van der Waals surface area (Å²) < 4.78 is 10.9. The molecule has 0 spiro atoms. The van der Waals surface area contributed by atoms with Gasteiger partial charge in [0, 0.05) is 5.69 Å². The van der Waals surface area contributed by atoms with E-state index >= 15 is 0 Å². The lowest BCUT2D eigenvalue weighted by Gasteiger charge is -2.13. The predicted molar refractivity (Wildman–Crippen MR) is 96.9 cm³/mol. The van der Waals surface area contributed by atoms with Crippen molar-refractivity contribution < 1.29 is 14.3 Å². The number of ether oxygens (including phenoxy) is 2. The molecule has 0 unspecified atom stereocenters. The van der Waals surface area contributed by atoms with Gasteiger partial charge in [0.2, 0.25) is 0 Å². The summed E-state index contributed by atoms with van der Waals surface area (Å²) in [5, 5.41) is 2.86. The van der Waals surface area contributed by atoms with Gasteiger partial charge in [0.15, 0.2) is 18.1 Å². The number of aryl methyl sites for hydroxylation is 2. The fraction of sp³-hybridized carbons (Fsp3) is 0.250. The molecule has 2 rings (SSSR count). The number of allylic oxidation sites excluding steroid dienone is 1. The van der Waals surface area contributed by atoms with Crippen LogP contribution in [0.4, 0.5) is 5.69 Å². The Labute approximate surface area is 143 Å². The molecular formula is C20H23NO3. The van der Waals surface area contributed by atoms with Gasteiger partial charge in [-0.15, -0.1) is 6.58 Å². The highest BCUT2D eigenvalue weighted by Crippen LogP contribution is 2.28. The Hall–Kier alpha value is -2.75. The lowest BCUT2D eigenvalue weighted by Crippen LogP contribution is -2.20. The zero-order chi connectivity index (χ0) is 17.5. The fourth-order valence-electron chi connectivity index (χ4n) is 2.41. The van der Waals surface area contributed by atoms with Gasteiger partial charge in [-0.2, -0.15) is 0 Å². The van der Waals surface area contributed by atoms with Crippen molar-refractivity contribution in [3.05, 3.63) is 65.7 Å². The van der Waals surface area contributed by atoms with Crippen LogP contribution in [-0.2, 0) is 11.2 Å². The molecule has 24 heavy (non-hydrogen) atoms. The number of methoxy groups -OCH3 is 1. The number of rotatable bonds is 7. The predicted octanol–water partition coefficient (Wildman–Crippen LogP) is 4.06. The zero-order valence-electron chi connectivity index (χ0n) is 14.4. The molecule has 0 aliphatic carbocycles. The Morgan fingerprint density at radius 2 is 1.96 bits per heavy atom. The number of nitrogens with one attached hydrogen (secondary N) is 1. The third kappa shape index (κ3) is 4.62. The monoisotopic (exact) mass is 325 g/mol. The molecule has 4 nitrogen and oxygen atoms in total. The van der Waals surface area contributed by atoms with Gasteiger partial charge >= 0.3 is 0 Å². The van der Waals surface area contributed by atoms with Crippen LogP contribution in [0.3, 0.4) is 0 Å². The molecule has 0 bridgehead atoms. The van der Waals surface area contributed by atoms with Crippen LogP contribution >= 0.6 is 0 Å². The number of hydrogen-bond donors (Lipinski definition) is 1. The average molecular weight is 325 g/mol. The molecule has 1 N–H and O–H groups in total. The second-order valence-electron chi connectivity index (χ2n) is 5.63. The molecule has 0 heterocycles. The van der Waals surface area contributed by atoms with Crippen molar-refractivity contribution in [2.24, 2.45) is 0 Å². The molecule has 126 valence electrons. The Morgan fingerprint density at radius 3 is 2.62 bits per heavy atom. The van der Waals surface area contributed by atoms with Crippen LogP contribution in [0, 0.1) is 13.8 Å². The van der Waals surface area contributed by atoms with Crippen molar-refractivity contribution in [2.45, 2.75) is 20.3 Å². The van der Waals surface area contributed by atoms with Gasteiger partial charge in [0.1, 0.15) is 0 Å². The van der Waals surface area contributed by atoms with Gasteiger partial charge in [-0.25, -0.2) is 0 Å². The maximum atomic E-state index is 12.1. The Balaban J connectivity index is 1.99. The summed E-state index contributed by atoms with van der Waals surface area (Å²) in [4.78, 5) is 12.1. The molecule has 2 aromatic carbocycles. The third-order valence-corrected chi connectivity index (χ3v) is 3.62. The molecule has 0 aliphatic heterocycles. The van der Waals surface area contributed by atoms with Crippen LogP contribution in [-0.4, -0.2) is 19.6 Å². The first-order chi connectivity index (χ1) is 11.5. The number of anilines is 1. The molecule has 0 saturated carbocycles. The van der Waals surface area contributed by atoms with Crippen molar-refractivity contribution in [3.63, 3.8) is 0 Å². The van der Waals surface area contributed by atoms with Crippen LogP contribution in [0.25, 0.3) is 0 Å². The van der Waals surface area contributed by atoms with Gasteiger partial charge in [-0.1, -0.05) is 29.8 Å². The van der Waals surface area contributed by atoms with Crippen LogP contribution < -0.4 is 14.8 Å². The molecule has 0 radical (unpaired) electrons. The van der Waals surface area contributed by atoms with E-state index in [1.54, 1.807) is 7.11 Å². The minimum Gasteiger partial charge on any atom is -0.493 e. The van der Waals surface area contributed by atoms with E-state index in [9.17, 15) is 4.79 Å². The van der Waals surface area contributed by atoms with Crippen LogP contribution in [0.5, 0.6) is 11.5 Å². The molecule has 0 atom stereocenters. The first-order valence-corrected chi connectivity index (χ1v) is 7.81. The Bertz CT molecular complexity index is 738. The minimum absolute atomic E-state index is 0.0789. The molecule has 4 heteroatoms. The summed E-state index contributed by atoms with van der Waals surface area (Å²) >= 11 is 0. The van der Waals surface area contributed by atoms with E-state index in [1.165, 1.54) is 0 Å². The van der Waals surface area contributed by atoms with E-state index in [0.29, 0.717) is 11.5 Å². The smallest absolute Gasteiger partial charge is 0.262 e. The summed E-state index contributed by atoms with van der Waals surface area (Å²) in [5.41, 5.74) is 4.05. The molecule has 2 aromatic rings. The summed E-state index contributed by atoms with van der Waals surface area (Å²) in [6.45, 7) is 7.62. The Kier molecular flexibility index (Phi) is 6.01. The normalized spacial score (nSPS) is 10.1. The van der Waals surface area contributed by atoms with Crippen molar-refractivity contribution in [1.82, 2.24) is 0 Å². The van der Waals surface area contributed by atoms with Crippen molar-refractivity contribution in [3.8, 4) is 11.5 Å². The first-order valence-electron chi connectivity index (χ1n) is 7.81. The molecule has 0 aromatic heterocycles. The fourth-order valence-corrected chi connectivity index (χ4v) is 2.41. The van der Waals surface area contributed by atoms with Crippen LogP contribution in [0.2, 0.25) is 0 Å². The number of carbonyl (C=O) groups is 1. The second-order valence-corrected chi connectivity index (χ2v) is 5.63. The van der Waals surface area contributed by atoms with E-state index < -0.39 is 0 Å². The van der Waals surface area contributed by atoms with E-state index in [-0.39, 0.29) is 12.5 Å². The van der Waals surface area contributed by atoms with Gasteiger partial charge in [-0.3, -0.25) is 4.79 Å². The van der Waals surface area contributed by atoms with Gasteiger partial charge in [-0.05, 0) is 49.6 Å². The molecule has 0 fully saturated rings. The van der Waals surface area contributed by atoms with E-state index in [4.69, 9.17) is 9.47 Å². The van der Waals surface area contributed by atoms with Gasteiger partial charge in [0.25, 0.3) is 5.91 Å². The van der Waals surface area contributed by atoms with Gasteiger partial charge in [0.05, 0.1) is 7.11 Å². The lowest BCUT2D eigenvalue weighted by molar-refractivity contribution is -0.118. The molecule has 1 amide bonds. The first kappa shape index (κ1) is 17.6. The quantitative estimate of drug-likeness (QED) is 0.781. The summed E-state index contributed by atoms with van der Waals surface area (Å²) in [6.07, 6.45) is 2.58.